The minimum absolute atomic E-state index is 0.334. The van der Waals surface area contributed by atoms with E-state index in [4.69, 9.17) is 16.6 Å². The fourth-order valence-corrected chi connectivity index (χ4v) is 7.81. The molecule has 4 heteroatoms. The van der Waals surface area contributed by atoms with Crippen LogP contribution in [0.4, 0.5) is 0 Å². The molecule has 1 nitrogen and oxygen atoms in total. The third kappa shape index (κ3) is 1.60. The zero-order valence-electron chi connectivity index (χ0n) is 14.6. The van der Waals surface area contributed by atoms with Crippen LogP contribution in [0, 0.1) is 0 Å². The molecular formula is C24H12ClNS2. The monoisotopic (exact) mass is 413 g/mol. The largest absolute Gasteiger partial charge is 0.253 e. The van der Waals surface area contributed by atoms with Crippen LogP contribution in [0.1, 0.15) is 22.3 Å². The molecule has 28 heavy (non-hydrogen) atoms. The molecule has 132 valence electrons. The molecule has 0 N–H and O–H groups in total. The summed E-state index contributed by atoms with van der Waals surface area (Å²) in [6.07, 6.45) is 1.78. The molecule has 2 aromatic carbocycles. The van der Waals surface area contributed by atoms with Gasteiger partial charge in [0.15, 0.2) is 0 Å². The molecule has 0 fully saturated rings. The first-order chi connectivity index (χ1) is 13.8. The molecule has 3 heterocycles. The van der Waals surface area contributed by atoms with Crippen molar-refractivity contribution in [2.24, 2.45) is 0 Å². The molecule has 1 spiro atoms. The van der Waals surface area contributed by atoms with Crippen LogP contribution in [-0.4, -0.2) is 4.98 Å². The van der Waals surface area contributed by atoms with Crippen LogP contribution < -0.4 is 0 Å². The fraction of sp³-hybridized carbons (Fsp3) is 0.0417. The van der Waals surface area contributed by atoms with E-state index in [1.54, 1.807) is 6.20 Å². The number of nitrogens with zero attached hydrogens (tertiary/aromatic N) is 1. The average molecular weight is 414 g/mol. The SMILES string of the molecule is Clc1cnc2c(c1)C1(c3ccccc3-c3ccccc31)c1c-2sc2ccsc12. The summed E-state index contributed by atoms with van der Waals surface area (Å²) in [4.78, 5) is 6.11. The van der Waals surface area contributed by atoms with Crippen molar-refractivity contribution in [3.05, 3.63) is 99.5 Å². The van der Waals surface area contributed by atoms with E-state index in [1.807, 2.05) is 22.7 Å². The van der Waals surface area contributed by atoms with E-state index in [-0.39, 0.29) is 5.41 Å². The second-order valence-electron chi connectivity index (χ2n) is 7.31. The van der Waals surface area contributed by atoms with Gasteiger partial charge in [-0.2, -0.15) is 0 Å². The van der Waals surface area contributed by atoms with Crippen molar-refractivity contribution >= 4 is 43.7 Å². The molecule has 2 aliphatic rings. The molecule has 2 aliphatic carbocycles. The predicted octanol–water partition coefficient (Wildman–Crippen LogP) is 7.35. The number of aromatic nitrogens is 1. The highest BCUT2D eigenvalue weighted by atomic mass is 35.5. The quantitative estimate of drug-likeness (QED) is 0.253. The second-order valence-corrected chi connectivity index (χ2v) is 9.72. The van der Waals surface area contributed by atoms with Gasteiger partial charge in [-0.25, -0.2) is 0 Å². The smallest absolute Gasteiger partial charge is 0.0854 e. The van der Waals surface area contributed by atoms with Crippen molar-refractivity contribution in [1.29, 1.82) is 0 Å². The average Bonchev–Trinajstić information content (AvgIpc) is 3.43. The summed E-state index contributed by atoms with van der Waals surface area (Å²) in [5.74, 6) is 0. The molecule has 3 aromatic heterocycles. The maximum Gasteiger partial charge on any atom is 0.0854 e. The Morgan fingerprint density at radius 2 is 1.57 bits per heavy atom. The van der Waals surface area contributed by atoms with Crippen LogP contribution >= 0.6 is 34.3 Å². The molecule has 0 saturated carbocycles. The zero-order chi connectivity index (χ0) is 18.5. The Hall–Kier alpha value is -2.46. The van der Waals surface area contributed by atoms with Crippen molar-refractivity contribution in [2.75, 3.05) is 0 Å². The topological polar surface area (TPSA) is 12.9 Å². The van der Waals surface area contributed by atoms with Gasteiger partial charge in [0.05, 0.1) is 25.7 Å². The third-order valence-electron chi connectivity index (χ3n) is 6.10. The number of hydrogen-bond donors (Lipinski definition) is 0. The highest BCUT2D eigenvalue weighted by Crippen LogP contribution is 2.66. The minimum Gasteiger partial charge on any atom is -0.253 e. The van der Waals surface area contributed by atoms with Crippen LogP contribution in [0.2, 0.25) is 5.02 Å². The van der Waals surface area contributed by atoms with Gasteiger partial charge in [0.25, 0.3) is 0 Å². The van der Waals surface area contributed by atoms with Crippen molar-refractivity contribution < 1.29 is 0 Å². The number of benzene rings is 2. The summed E-state index contributed by atoms with van der Waals surface area (Å²) in [5.41, 5.74) is 8.67. The van der Waals surface area contributed by atoms with Crippen molar-refractivity contribution in [3.63, 3.8) is 0 Å². The van der Waals surface area contributed by atoms with E-state index in [1.165, 1.54) is 47.7 Å². The first-order valence-corrected chi connectivity index (χ1v) is 11.2. The van der Waals surface area contributed by atoms with E-state index in [2.05, 4.69) is 66.0 Å². The zero-order valence-corrected chi connectivity index (χ0v) is 17.0. The summed E-state index contributed by atoms with van der Waals surface area (Å²) in [5, 5.41) is 2.89. The van der Waals surface area contributed by atoms with Gasteiger partial charge < -0.3 is 0 Å². The lowest BCUT2D eigenvalue weighted by atomic mass is 9.71. The lowest BCUT2D eigenvalue weighted by Gasteiger charge is -2.29. The summed E-state index contributed by atoms with van der Waals surface area (Å²) in [6, 6.07) is 22.0. The molecular weight excluding hydrogens is 402 g/mol. The third-order valence-corrected chi connectivity index (χ3v) is 8.53. The molecule has 0 radical (unpaired) electrons. The molecule has 0 amide bonds. The van der Waals surface area contributed by atoms with Crippen molar-refractivity contribution in [1.82, 2.24) is 4.98 Å². The Bertz CT molecular complexity index is 1400. The van der Waals surface area contributed by atoms with Gasteiger partial charge in [-0.15, -0.1) is 22.7 Å². The summed E-state index contributed by atoms with van der Waals surface area (Å²) in [7, 11) is 0. The van der Waals surface area contributed by atoms with E-state index in [9.17, 15) is 0 Å². The van der Waals surface area contributed by atoms with Crippen LogP contribution in [-0.2, 0) is 5.41 Å². The minimum atomic E-state index is -0.334. The fourth-order valence-electron chi connectivity index (χ4n) is 5.17. The summed E-state index contributed by atoms with van der Waals surface area (Å²) < 4.78 is 2.72. The van der Waals surface area contributed by atoms with Gasteiger partial charge in [0.2, 0.25) is 0 Å². The van der Waals surface area contributed by atoms with Gasteiger partial charge in [0.1, 0.15) is 0 Å². The molecule has 0 atom stereocenters. The Morgan fingerprint density at radius 1 is 0.857 bits per heavy atom. The lowest BCUT2D eigenvalue weighted by molar-refractivity contribution is 0.801. The van der Waals surface area contributed by atoms with Crippen molar-refractivity contribution in [3.8, 4) is 21.7 Å². The molecule has 0 aliphatic heterocycles. The molecule has 7 rings (SSSR count). The predicted molar refractivity (Wildman–Crippen MR) is 119 cm³/mol. The number of pyridine rings is 1. The van der Waals surface area contributed by atoms with Gasteiger partial charge in [0, 0.05) is 22.0 Å². The first-order valence-electron chi connectivity index (χ1n) is 9.16. The lowest BCUT2D eigenvalue weighted by Crippen LogP contribution is -2.25. The Balaban J connectivity index is 1.78. The highest BCUT2D eigenvalue weighted by Gasteiger charge is 2.54. The van der Waals surface area contributed by atoms with E-state index < -0.39 is 0 Å². The van der Waals surface area contributed by atoms with Crippen LogP contribution in [0.3, 0.4) is 0 Å². The molecule has 5 aromatic rings. The van der Waals surface area contributed by atoms with E-state index in [0.29, 0.717) is 5.02 Å². The van der Waals surface area contributed by atoms with Crippen LogP contribution in [0.25, 0.3) is 31.1 Å². The second kappa shape index (κ2) is 5.12. The Kier molecular flexibility index (Phi) is 2.83. The van der Waals surface area contributed by atoms with Gasteiger partial charge in [-0.3, -0.25) is 4.98 Å². The van der Waals surface area contributed by atoms with Crippen LogP contribution in [0.15, 0.2) is 72.2 Å². The number of thiophene rings is 2. The van der Waals surface area contributed by atoms with Gasteiger partial charge in [-0.05, 0) is 39.8 Å². The standard InChI is InChI=1S/C24H12ClNS2/c25-13-11-18-21(26-12-13)23-20(22-19(28-23)9-10-27-22)24(18)16-7-3-1-5-14(16)15-6-2-4-8-17(15)24/h1-12H. The number of fused-ring (bicyclic) bond motifs is 12. The maximum absolute atomic E-state index is 6.49. The molecule has 0 bridgehead atoms. The molecule has 0 unspecified atom stereocenters. The van der Waals surface area contributed by atoms with Crippen LogP contribution in [0.5, 0.6) is 0 Å². The summed E-state index contributed by atoms with van der Waals surface area (Å²) >= 11 is 10.2. The number of hydrogen-bond acceptors (Lipinski definition) is 3. The number of halogens is 1. The van der Waals surface area contributed by atoms with E-state index in [0.717, 1.165) is 5.69 Å². The molecule has 0 saturated heterocycles. The summed E-state index contributed by atoms with van der Waals surface area (Å²) in [6.45, 7) is 0. The first kappa shape index (κ1) is 15.5. The Labute approximate surface area is 174 Å². The van der Waals surface area contributed by atoms with Gasteiger partial charge >= 0.3 is 0 Å². The van der Waals surface area contributed by atoms with Gasteiger partial charge in [-0.1, -0.05) is 60.1 Å². The number of rotatable bonds is 0. The van der Waals surface area contributed by atoms with Crippen molar-refractivity contribution in [2.45, 2.75) is 5.41 Å². The Morgan fingerprint density at radius 3 is 2.32 bits per heavy atom. The maximum atomic E-state index is 6.49. The normalized spacial score (nSPS) is 14.9. The highest BCUT2D eigenvalue weighted by molar-refractivity contribution is 7.29. The van der Waals surface area contributed by atoms with E-state index >= 15 is 0 Å².